The highest BCUT2D eigenvalue weighted by Crippen LogP contribution is 2.35. The molecule has 2 amide bonds. The number of anilines is 1. The number of carbonyl (C=O) groups excluding carboxylic acids is 3. The van der Waals surface area contributed by atoms with Crippen LogP contribution in [0.1, 0.15) is 38.1 Å². The van der Waals surface area contributed by atoms with Crippen LogP contribution in [0, 0.1) is 17.7 Å². The molecule has 0 aliphatic carbocycles. The molecule has 0 aliphatic heterocycles. The van der Waals surface area contributed by atoms with Gasteiger partial charge in [0, 0.05) is 13.0 Å². The first-order valence-electron chi connectivity index (χ1n) is 10.6. The number of fused-ring (bicyclic) bond motifs is 1. The molecular weight excluding hydrogens is 463 g/mol. The van der Waals surface area contributed by atoms with E-state index in [1.54, 1.807) is 39.8 Å². The lowest BCUT2D eigenvalue weighted by Gasteiger charge is -2.24. The molecule has 0 saturated heterocycles. The number of aryl methyl sites for hydroxylation is 1. The molecule has 0 spiro atoms. The highest BCUT2D eigenvalue weighted by molar-refractivity contribution is 6.36. The number of aromatic nitrogens is 1. The van der Waals surface area contributed by atoms with E-state index in [0.717, 1.165) is 17.0 Å². The minimum Gasteiger partial charge on any atom is -0.424 e. The first kappa shape index (κ1) is 25.1. The van der Waals surface area contributed by atoms with Gasteiger partial charge in [-0.2, -0.15) is 0 Å². The van der Waals surface area contributed by atoms with E-state index < -0.39 is 46.6 Å². The second-order valence-electron chi connectivity index (χ2n) is 8.39. The Labute approximate surface area is 200 Å². The summed E-state index contributed by atoms with van der Waals surface area (Å²) in [6, 6.07) is 9.45. The molecule has 0 unspecified atom stereocenters. The summed E-state index contributed by atoms with van der Waals surface area (Å²) in [5.41, 5.74) is -0.915. The van der Waals surface area contributed by atoms with Crippen molar-refractivity contribution in [2.75, 3.05) is 4.90 Å². The van der Waals surface area contributed by atoms with Gasteiger partial charge in [0.1, 0.15) is 11.4 Å². The number of ether oxygens (including phenoxy) is 1. The largest absolute Gasteiger partial charge is 0.424 e. The zero-order valence-corrected chi connectivity index (χ0v) is 20.1. The van der Waals surface area contributed by atoms with Gasteiger partial charge in [0.05, 0.1) is 27.5 Å². The maximum absolute atomic E-state index is 13.8. The minimum atomic E-state index is -1.01. The zero-order valence-electron chi connectivity index (χ0n) is 19.4. The molecule has 0 saturated carbocycles. The number of halogens is 2. The van der Waals surface area contributed by atoms with Crippen molar-refractivity contribution in [3.8, 4) is 5.75 Å². The Balaban J connectivity index is 2.38. The van der Waals surface area contributed by atoms with Gasteiger partial charge in [-0.15, -0.1) is 0 Å². The molecule has 1 heterocycles. The monoisotopic (exact) mass is 486 g/mol. The van der Waals surface area contributed by atoms with Crippen LogP contribution in [0.15, 0.2) is 47.3 Å². The maximum atomic E-state index is 13.8. The second-order valence-corrected chi connectivity index (χ2v) is 8.80. The minimum absolute atomic E-state index is 0.0625. The third-order valence-electron chi connectivity index (χ3n) is 5.22. The summed E-state index contributed by atoms with van der Waals surface area (Å²) in [5, 5.41) is 0.330. The zero-order chi connectivity index (χ0) is 25.3. The van der Waals surface area contributed by atoms with Crippen molar-refractivity contribution in [2.24, 2.45) is 18.9 Å². The van der Waals surface area contributed by atoms with Crippen LogP contribution in [0.5, 0.6) is 5.75 Å². The molecule has 2 aromatic carbocycles. The topological polar surface area (TPSA) is 85.7 Å². The lowest BCUT2D eigenvalue weighted by Crippen LogP contribution is -2.43. The number of hydrogen-bond acceptors (Lipinski definition) is 5. The number of benzene rings is 2. The molecule has 9 heteroatoms. The van der Waals surface area contributed by atoms with Gasteiger partial charge in [0.25, 0.3) is 11.5 Å². The third kappa shape index (κ3) is 4.59. The SMILES string of the molecule is CC(C)C(=O)Oc1c(C(=O)N(C(=O)C(C)C)c2ccc(F)cc2)c(=O)n(C)c2cccc(Cl)c12. The van der Waals surface area contributed by atoms with Crippen molar-refractivity contribution in [3.05, 3.63) is 69.2 Å². The molecule has 3 aromatic rings. The Kier molecular flexibility index (Phi) is 7.21. The molecule has 0 N–H and O–H groups in total. The third-order valence-corrected chi connectivity index (χ3v) is 5.53. The Hall–Kier alpha value is -3.52. The summed E-state index contributed by atoms with van der Waals surface area (Å²) >= 11 is 6.41. The van der Waals surface area contributed by atoms with Gasteiger partial charge >= 0.3 is 5.97 Å². The molecule has 0 atom stereocenters. The lowest BCUT2D eigenvalue weighted by molar-refractivity contribution is -0.137. The normalized spacial score (nSPS) is 11.2. The number of hydrogen-bond donors (Lipinski definition) is 0. The van der Waals surface area contributed by atoms with Crippen LogP contribution >= 0.6 is 11.6 Å². The van der Waals surface area contributed by atoms with E-state index in [4.69, 9.17) is 16.3 Å². The van der Waals surface area contributed by atoms with Crippen molar-refractivity contribution in [2.45, 2.75) is 27.7 Å². The predicted octanol–water partition coefficient (Wildman–Crippen LogP) is 4.72. The Morgan fingerprint density at radius 3 is 2.18 bits per heavy atom. The molecule has 178 valence electrons. The van der Waals surface area contributed by atoms with Crippen molar-refractivity contribution in [1.82, 2.24) is 4.57 Å². The highest BCUT2D eigenvalue weighted by Gasteiger charge is 2.34. The quantitative estimate of drug-likeness (QED) is 0.487. The van der Waals surface area contributed by atoms with Crippen molar-refractivity contribution in [3.63, 3.8) is 0 Å². The van der Waals surface area contributed by atoms with Gasteiger partial charge in [-0.25, -0.2) is 9.29 Å². The van der Waals surface area contributed by atoms with Crippen LogP contribution in [0.2, 0.25) is 5.02 Å². The fourth-order valence-electron chi connectivity index (χ4n) is 3.33. The first-order valence-corrected chi connectivity index (χ1v) is 11.0. The molecule has 0 radical (unpaired) electrons. The van der Waals surface area contributed by atoms with Crippen LogP contribution in [0.4, 0.5) is 10.1 Å². The summed E-state index contributed by atoms with van der Waals surface area (Å²) in [6.45, 7) is 6.37. The van der Waals surface area contributed by atoms with E-state index in [1.165, 1.54) is 29.8 Å². The number of nitrogens with zero attached hydrogens (tertiary/aromatic N) is 2. The Bertz CT molecular complexity index is 1350. The molecule has 7 nitrogen and oxygen atoms in total. The number of pyridine rings is 1. The van der Waals surface area contributed by atoms with E-state index in [0.29, 0.717) is 5.52 Å². The predicted molar refractivity (Wildman–Crippen MR) is 128 cm³/mol. The van der Waals surface area contributed by atoms with E-state index >= 15 is 0 Å². The standard InChI is InChI=1S/C25H24ClFN2O5/c1-13(2)22(30)29(16-11-9-15(27)10-12-16)24(32)20-21(34-25(33)14(3)4)19-17(26)7-6-8-18(19)28(5)23(20)31/h6-14H,1-5H3. The number of rotatable bonds is 5. The highest BCUT2D eigenvalue weighted by atomic mass is 35.5. The molecule has 3 rings (SSSR count). The Morgan fingerprint density at radius 1 is 1.00 bits per heavy atom. The number of esters is 1. The van der Waals surface area contributed by atoms with Crippen molar-refractivity contribution < 1.29 is 23.5 Å². The Morgan fingerprint density at radius 2 is 1.62 bits per heavy atom. The number of amides is 2. The van der Waals surface area contributed by atoms with Gasteiger partial charge < -0.3 is 9.30 Å². The summed E-state index contributed by atoms with van der Waals surface area (Å²) in [5.74, 6) is -4.42. The van der Waals surface area contributed by atoms with Gasteiger partial charge in [-0.3, -0.25) is 19.2 Å². The van der Waals surface area contributed by atoms with Crippen molar-refractivity contribution in [1.29, 1.82) is 0 Å². The van der Waals surface area contributed by atoms with Crippen LogP contribution in [0.25, 0.3) is 10.9 Å². The van der Waals surface area contributed by atoms with E-state index in [9.17, 15) is 23.6 Å². The average molecular weight is 487 g/mol. The molecule has 0 bridgehead atoms. The van der Waals surface area contributed by atoms with Gasteiger partial charge in [0.2, 0.25) is 5.91 Å². The molecule has 1 aromatic heterocycles. The molecule has 0 aliphatic rings. The van der Waals surface area contributed by atoms with Crippen LogP contribution < -0.4 is 15.2 Å². The van der Waals surface area contributed by atoms with Crippen LogP contribution in [0.3, 0.4) is 0 Å². The van der Waals surface area contributed by atoms with E-state index in [1.807, 2.05) is 0 Å². The first-order chi connectivity index (χ1) is 16.0. The second kappa shape index (κ2) is 9.77. The summed E-state index contributed by atoms with van der Waals surface area (Å²) in [7, 11) is 1.44. The van der Waals surface area contributed by atoms with Crippen LogP contribution in [-0.2, 0) is 16.6 Å². The lowest BCUT2D eigenvalue weighted by atomic mass is 10.1. The average Bonchev–Trinajstić information content (AvgIpc) is 2.78. The maximum Gasteiger partial charge on any atom is 0.313 e. The molecule has 34 heavy (non-hydrogen) atoms. The fraction of sp³-hybridized carbons (Fsp3) is 0.280. The van der Waals surface area contributed by atoms with Crippen LogP contribution in [-0.4, -0.2) is 22.4 Å². The summed E-state index contributed by atoms with van der Waals surface area (Å²) in [4.78, 5) is 53.7. The van der Waals surface area contributed by atoms with E-state index in [2.05, 4.69) is 0 Å². The summed E-state index contributed by atoms with van der Waals surface area (Å²) in [6.07, 6.45) is 0. The smallest absolute Gasteiger partial charge is 0.313 e. The molecular formula is C25H24ClFN2O5. The van der Waals surface area contributed by atoms with Gasteiger partial charge in [-0.1, -0.05) is 45.4 Å². The fourth-order valence-corrected chi connectivity index (χ4v) is 3.59. The van der Waals surface area contributed by atoms with Crippen molar-refractivity contribution >= 4 is 46.0 Å². The van der Waals surface area contributed by atoms with E-state index in [-0.39, 0.29) is 21.8 Å². The van der Waals surface area contributed by atoms with Gasteiger partial charge in [-0.05, 0) is 36.4 Å². The number of imide groups is 1. The van der Waals surface area contributed by atoms with Gasteiger partial charge in [0.15, 0.2) is 5.75 Å². The molecule has 0 fully saturated rings. The number of carbonyl (C=O) groups is 3. The summed E-state index contributed by atoms with van der Waals surface area (Å²) < 4.78 is 20.3.